The number of nitrogens with zero attached hydrogens (tertiary/aromatic N) is 1. The molecule has 1 aromatic carbocycles. The predicted octanol–water partition coefficient (Wildman–Crippen LogP) is 3.50. The van der Waals surface area contributed by atoms with E-state index in [-0.39, 0.29) is 24.0 Å². The van der Waals surface area contributed by atoms with Gasteiger partial charge < -0.3 is 20.1 Å². The summed E-state index contributed by atoms with van der Waals surface area (Å²) in [6.45, 7) is 3.11. The Balaban J connectivity index is 0.00000400. The molecule has 0 spiro atoms. The number of benzene rings is 1. The molecular formula is C15H26IN3O2. The Morgan fingerprint density at radius 3 is 2.43 bits per heavy atom. The van der Waals surface area contributed by atoms with Gasteiger partial charge in [0.15, 0.2) is 17.5 Å². The Morgan fingerprint density at radius 1 is 1.14 bits per heavy atom. The molecule has 0 atom stereocenters. The molecule has 0 aromatic heterocycles. The Morgan fingerprint density at radius 2 is 1.86 bits per heavy atom. The van der Waals surface area contributed by atoms with E-state index >= 15 is 0 Å². The molecule has 0 saturated carbocycles. The average molecular weight is 407 g/mol. The molecule has 0 radical (unpaired) electrons. The minimum Gasteiger partial charge on any atom is -0.493 e. The van der Waals surface area contributed by atoms with Crippen LogP contribution in [-0.4, -0.2) is 33.8 Å². The van der Waals surface area contributed by atoms with Gasteiger partial charge in [-0.1, -0.05) is 19.8 Å². The van der Waals surface area contributed by atoms with Crippen molar-refractivity contribution in [1.29, 1.82) is 0 Å². The molecule has 1 aromatic rings. The van der Waals surface area contributed by atoms with E-state index < -0.39 is 0 Å². The van der Waals surface area contributed by atoms with E-state index in [1.54, 1.807) is 21.3 Å². The maximum Gasteiger partial charge on any atom is 0.195 e. The second-order valence-electron chi connectivity index (χ2n) is 4.40. The minimum absolute atomic E-state index is 0. The van der Waals surface area contributed by atoms with E-state index in [1.807, 2.05) is 18.2 Å². The van der Waals surface area contributed by atoms with Crippen molar-refractivity contribution in [2.45, 2.75) is 26.2 Å². The molecule has 0 fully saturated rings. The van der Waals surface area contributed by atoms with Gasteiger partial charge in [-0.15, -0.1) is 24.0 Å². The number of hydrogen-bond acceptors (Lipinski definition) is 3. The Hall–Kier alpha value is -1.18. The predicted molar refractivity (Wildman–Crippen MR) is 99.5 cm³/mol. The summed E-state index contributed by atoms with van der Waals surface area (Å²) >= 11 is 0. The first kappa shape index (κ1) is 19.8. The normalized spacial score (nSPS) is 10.6. The lowest BCUT2D eigenvalue weighted by atomic mass is 10.2. The quantitative estimate of drug-likeness (QED) is 0.315. The summed E-state index contributed by atoms with van der Waals surface area (Å²) in [5.41, 5.74) is 0.909. The van der Waals surface area contributed by atoms with Crippen LogP contribution in [0.2, 0.25) is 0 Å². The molecule has 0 amide bonds. The Kier molecular flexibility index (Phi) is 10.8. The van der Waals surface area contributed by atoms with Crippen molar-refractivity contribution in [3.05, 3.63) is 18.2 Å². The van der Waals surface area contributed by atoms with Crippen LogP contribution in [0.5, 0.6) is 11.5 Å². The number of hydrogen-bond donors (Lipinski definition) is 2. The van der Waals surface area contributed by atoms with Crippen LogP contribution in [0.1, 0.15) is 26.2 Å². The summed E-state index contributed by atoms with van der Waals surface area (Å²) < 4.78 is 10.5. The molecule has 1 rings (SSSR count). The monoisotopic (exact) mass is 407 g/mol. The van der Waals surface area contributed by atoms with Crippen molar-refractivity contribution in [3.8, 4) is 11.5 Å². The number of aliphatic imine (C=N–C) groups is 1. The number of halogens is 1. The zero-order chi connectivity index (χ0) is 14.8. The largest absolute Gasteiger partial charge is 0.493 e. The molecule has 6 heteroatoms. The summed E-state index contributed by atoms with van der Waals surface area (Å²) in [6, 6.07) is 5.68. The highest BCUT2D eigenvalue weighted by atomic mass is 127. The molecule has 5 nitrogen and oxygen atoms in total. The van der Waals surface area contributed by atoms with Crippen molar-refractivity contribution < 1.29 is 9.47 Å². The van der Waals surface area contributed by atoms with Crippen LogP contribution in [0.25, 0.3) is 0 Å². The molecule has 0 unspecified atom stereocenters. The van der Waals surface area contributed by atoms with Gasteiger partial charge in [-0.2, -0.15) is 0 Å². The van der Waals surface area contributed by atoms with Gasteiger partial charge in [-0.3, -0.25) is 4.99 Å². The van der Waals surface area contributed by atoms with E-state index in [0.29, 0.717) is 11.5 Å². The average Bonchev–Trinajstić information content (AvgIpc) is 2.50. The SMILES string of the molecule is CCCCCNC(=NC)Nc1ccc(OC)c(OC)c1.I. The Bertz CT molecular complexity index is 439. The second-order valence-corrected chi connectivity index (χ2v) is 4.40. The number of unbranched alkanes of at least 4 members (excludes halogenated alkanes) is 2. The van der Waals surface area contributed by atoms with Gasteiger partial charge in [0.2, 0.25) is 0 Å². The highest BCUT2D eigenvalue weighted by Crippen LogP contribution is 2.29. The van der Waals surface area contributed by atoms with Crippen LogP contribution in [-0.2, 0) is 0 Å². The lowest BCUT2D eigenvalue weighted by Crippen LogP contribution is -2.31. The third-order valence-electron chi connectivity index (χ3n) is 2.94. The van der Waals surface area contributed by atoms with Crippen LogP contribution in [0.3, 0.4) is 0 Å². The minimum atomic E-state index is 0. The van der Waals surface area contributed by atoms with Crippen molar-refractivity contribution in [1.82, 2.24) is 5.32 Å². The first-order valence-corrected chi connectivity index (χ1v) is 6.94. The smallest absolute Gasteiger partial charge is 0.195 e. The van der Waals surface area contributed by atoms with Gasteiger partial charge in [0, 0.05) is 25.3 Å². The van der Waals surface area contributed by atoms with Gasteiger partial charge in [0.1, 0.15) is 0 Å². The van der Waals surface area contributed by atoms with Crippen molar-refractivity contribution in [2.24, 2.45) is 4.99 Å². The summed E-state index contributed by atoms with van der Waals surface area (Å²) in [4.78, 5) is 4.20. The van der Waals surface area contributed by atoms with E-state index in [1.165, 1.54) is 12.8 Å². The molecule has 2 N–H and O–H groups in total. The maximum absolute atomic E-state index is 5.28. The van der Waals surface area contributed by atoms with Gasteiger partial charge in [-0.25, -0.2) is 0 Å². The second kappa shape index (κ2) is 11.5. The van der Waals surface area contributed by atoms with Gasteiger partial charge in [-0.05, 0) is 18.6 Å². The molecule has 21 heavy (non-hydrogen) atoms. The first-order chi connectivity index (χ1) is 9.74. The lowest BCUT2D eigenvalue weighted by Gasteiger charge is -2.14. The third kappa shape index (κ3) is 6.88. The fraction of sp³-hybridized carbons (Fsp3) is 0.533. The van der Waals surface area contributed by atoms with Crippen molar-refractivity contribution in [3.63, 3.8) is 0 Å². The lowest BCUT2D eigenvalue weighted by molar-refractivity contribution is 0.355. The summed E-state index contributed by atoms with van der Waals surface area (Å²) in [5.74, 6) is 2.16. The molecule has 0 heterocycles. The van der Waals surface area contributed by atoms with Gasteiger partial charge in [0.05, 0.1) is 14.2 Å². The third-order valence-corrected chi connectivity index (χ3v) is 2.94. The Labute approximate surface area is 144 Å². The summed E-state index contributed by atoms with van der Waals surface area (Å²) in [6.07, 6.45) is 3.58. The first-order valence-electron chi connectivity index (χ1n) is 6.94. The van der Waals surface area contributed by atoms with E-state index in [9.17, 15) is 0 Å². The van der Waals surface area contributed by atoms with E-state index in [4.69, 9.17) is 9.47 Å². The fourth-order valence-corrected chi connectivity index (χ4v) is 1.81. The highest BCUT2D eigenvalue weighted by molar-refractivity contribution is 14.0. The van der Waals surface area contributed by atoms with Crippen LogP contribution in [0, 0.1) is 0 Å². The topological polar surface area (TPSA) is 54.9 Å². The molecule has 0 aliphatic carbocycles. The molecular weight excluding hydrogens is 381 g/mol. The van der Waals surface area contributed by atoms with Crippen LogP contribution in [0.15, 0.2) is 23.2 Å². The summed E-state index contributed by atoms with van der Waals surface area (Å²) in [5, 5.41) is 6.52. The van der Waals surface area contributed by atoms with Crippen molar-refractivity contribution in [2.75, 3.05) is 33.1 Å². The maximum atomic E-state index is 5.28. The highest BCUT2D eigenvalue weighted by Gasteiger charge is 2.05. The number of ether oxygens (including phenoxy) is 2. The van der Waals surface area contributed by atoms with E-state index in [2.05, 4.69) is 22.5 Å². The van der Waals surface area contributed by atoms with E-state index in [0.717, 1.165) is 24.6 Å². The molecule has 0 aliphatic heterocycles. The molecule has 0 bridgehead atoms. The van der Waals surface area contributed by atoms with Gasteiger partial charge >= 0.3 is 0 Å². The van der Waals surface area contributed by atoms with Crippen LogP contribution >= 0.6 is 24.0 Å². The summed E-state index contributed by atoms with van der Waals surface area (Å²) in [7, 11) is 5.01. The zero-order valence-electron chi connectivity index (χ0n) is 13.2. The number of methoxy groups -OCH3 is 2. The molecule has 120 valence electrons. The number of rotatable bonds is 7. The fourth-order valence-electron chi connectivity index (χ4n) is 1.81. The van der Waals surface area contributed by atoms with Crippen LogP contribution in [0.4, 0.5) is 5.69 Å². The molecule has 0 aliphatic rings. The van der Waals surface area contributed by atoms with Gasteiger partial charge in [0.25, 0.3) is 0 Å². The zero-order valence-corrected chi connectivity index (χ0v) is 15.6. The number of guanidine groups is 1. The van der Waals surface area contributed by atoms with Crippen LogP contribution < -0.4 is 20.1 Å². The van der Waals surface area contributed by atoms with Crippen molar-refractivity contribution >= 4 is 35.6 Å². The molecule has 0 saturated heterocycles. The number of anilines is 1. The standard InChI is InChI=1S/C15H25N3O2.HI/c1-5-6-7-10-17-15(16-2)18-12-8-9-13(19-3)14(11-12)20-4;/h8-9,11H,5-7,10H2,1-4H3,(H2,16,17,18);1H. The number of nitrogens with one attached hydrogen (secondary N) is 2.